The summed E-state index contributed by atoms with van der Waals surface area (Å²) in [4.78, 5) is 0. The number of phenols is 1. The molecule has 1 aromatic rings. The molecule has 0 saturated carbocycles. The van der Waals surface area contributed by atoms with Gasteiger partial charge in [0.15, 0.2) is 6.29 Å². The molecule has 4 heteroatoms. The van der Waals surface area contributed by atoms with Crippen LogP contribution < -0.4 is 5.73 Å². The Kier molecular flexibility index (Phi) is 3.20. The topological polar surface area (TPSA) is 64.7 Å². The van der Waals surface area contributed by atoms with Crippen LogP contribution in [-0.2, 0) is 15.9 Å². The fourth-order valence-corrected chi connectivity index (χ4v) is 1.62. The van der Waals surface area contributed by atoms with Gasteiger partial charge in [0.2, 0.25) is 0 Å². The Morgan fingerprint density at radius 1 is 1.27 bits per heavy atom. The first-order valence-corrected chi connectivity index (χ1v) is 5.02. The van der Waals surface area contributed by atoms with Crippen molar-refractivity contribution < 1.29 is 14.6 Å². The van der Waals surface area contributed by atoms with Crippen LogP contribution in [0.25, 0.3) is 0 Å². The lowest BCUT2D eigenvalue weighted by Gasteiger charge is -2.17. The van der Waals surface area contributed by atoms with Gasteiger partial charge in [-0.25, -0.2) is 0 Å². The number of hydrogen-bond donors (Lipinski definition) is 2. The van der Waals surface area contributed by atoms with E-state index in [1.807, 2.05) is 12.1 Å². The number of rotatable bonds is 3. The van der Waals surface area contributed by atoms with Gasteiger partial charge in [0.05, 0.1) is 19.3 Å². The molecule has 82 valence electrons. The maximum absolute atomic E-state index is 9.12. The summed E-state index contributed by atoms with van der Waals surface area (Å²) in [6, 6.07) is 6.85. The molecule has 0 aromatic heterocycles. The van der Waals surface area contributed by atoms with E-state index < -0.39 is 0 Å². The van der Waals surface area contributed by atoms with Gasteiger partial charge < -0.3 is 20.3 Å². The highest BCUT2D eigenvalue weighted by molar-refractivity contribution is 5.26. The molecule has 1 heterocycles. The second-order valence-electron chi connectivity index (χ2n) is 3.64. The van der Waals surface area contributed by atoms with Gasteiger partial charge in [0.25, 0.3) is 0 Å². The molecule has 0 amide bonds. The molecule has 0 unspecified atom stereocenters. The molecular weight excluding hydrogens is 194 g/mol. The van der Waals surface area contributed by atoms with Crippen molar-refractivity contribution in [2.45, 2.75) is 18.8 Å². The van der Waals surface area contributed by atoms with E-state index in [2.05, 4.69) is 0 Å². The van der Waals surface area contributed by atoms with Crippen LogP contribution in [0.1, 0.15) is 5.56 Å². The lowest BCUT2D eigenvalue weighted by Crippen LogP contribution is -2.37. The molecule has 1 atom stereocenters. The monoisotopic (exact) mass is 209 g/mol. The molecule has 0 aliphatic carbocycles. The van der Waals surface area contributed by atoms with E-state index in [1.165, 1.54) is 0 Å². The van der Waals surface area contributed by atoms with Gasteiger partial charge in [0, 0.05) is 0 Å². The van der Waals surface area contributed by atoms with Gasteiger partial charge in [0.1, 0.15) is 5.75 Å². The minimum atomic E-state index is -0.293. The van der Waals surface area contributed by atoms with E-state index in [9.17, 15) is 0 Å². The largest absolute Gasteiger partial charge is 0.508 e. The van der Waals surface area contributed by atoms with Gasteiger partial charge >= 0.3 is 0 Å². The van der Waals surface area contributed by atoms with Crippen LogP contribution in [0.4, 0.5) is 0 Å². The SMILES string of the molecule is N[C@@H](Cc1ccc(O)cc1)C1OCCO1. The van der Waals surface area contributed by atoms with E-state index in [1.54, 1.807) is 12.1 Å². The van der Waals surface area contributed by atoms with E-state index in [-0.39, 0.29) is 18.1 Å². The maximum Gasteiger partial charge on any atom is 0.173 e. The van der Waals surface area contributed by atoms with Crippen molar-refractivity contribution in [3.05, 3.63) is 29.8 Å². The zero-order valence-electron chi connectivity index (χ0n) is 8.43. The number of ether oxygens (including phenoxy) is 2. The van der Waals surface area contributed by atoms with E-state index in [0.29, 0.717) is 19.6 Å². The summed E-state index contributed by atoms with van der Waals surface area (Å²) in [6.07, 6.45) is 0.393. The van der Waals surface area contributed by atoms with Crippen molar-refractivity contribution in [2.75, 3.05) is 13.2 Å². The smallest absolute Gasteiger partial charge is 0.173 e. The average Bonchev–Trinajstić information content (AvgIpc) is 2.74. The Labute approximate surface area is 88.6 Å². The van der Waals surface area contributed by atoms with E-state index >= 15 is 0 Å². The third-order valence-corrected chi connectivity index (χ3v) is 2.40. The number of nitrogens with two attached hydrogens (primary N) is 1. The third-order valence-electron chi connectivity index (χ3n) is 2.40. The van der Waals surface area contributed by atoms with Crippen LogP contribution in [0.2, 0.25) is 0 Å². The van der Waals surface area contributed by atoms with Crippen molar-refractivity contribution in [1.29, 1.82) is 0 Å². The summed E-state index contributed by atoms with van der Waals surface area (Å²) >= 11 is 0. The molecule has 1 saturated heterocycles. The molecule has 1 aliphatic rings. The number of hydrogen-bond acceptors (Lipinski definition) is 4. The number of aromatic hydroxyl groups is 1. The van der Waals surface area contributed by atoms with Crippen LogP contribution in [0.15, 0.2) is 24.3 Å². The third kappa shape index (κ3) is 2.68. The Morgan fingerprint density at radius 2 is 1.87 bits per heavy atom. The normalized spacial score (nSPS) is 19.3. The minimum absolute atomic E-state index is 0.156. The highest BCUT2D eigenvalue weighted by Gasteiger charge is 2.23. The first-order chi connectivity index (χ1) is 7.25. The Bertz CT molecular complexity index is 306. The fraction of sp³-hybridized carbons (Fsp3) is 0.455. The highest BCUT2D eigenvalue weighted by Crippen LogP contribution is 2.14. The average molecular weight is 209 g/mol. The molecule has 1 aromatic carbocycles. The quantitative estimate of drug-likeness (QED) is 0.766. The molecule has 15 heavy (non-hydrogen) atoms. The summed E-state index contributed by atoms with van der Waals surface area (Å²) in [6.45, 7) is 1.24. The summed E-state index contributed by atoms with van der Waals surface area (Å²) in [5.41, 5.74) is 7.01. The van der Waals surface area contributed by atoms with Crippen molar-refractivity contribution in [3.8, 4) is 5.75 Å². The van der Waals surface area contributed by atoms with Crippen molar-refractivity contribution in [3.63, 3.8) is 0 Å². The predicted molar refractivity (Wildman–Crippen MR) is 55.5 cm³/mol. The zero-order chi connectivity index (χ0) is 10.7. The van der Waals surface area contributed by atoms with Crippen LogP contribution in [0.5, 0.6) is 5.75 Å². The maximum atomic E-state index is 9.12. The predicted octanol–water partition coefficient (Wildman–Crippen LogP) is 0.635. The van der Waals surface area contributed by atoms with Gasteiger partial charge in [-0.3, -0.25) is 0 Å². The van der Waals surface area contributed by atoms with Gasteiger partial charge in [-0.05, 0) is 24.1 Å². The summed E-state index contributed by atoms with van der Waals surface area (Å²) < 4.78 is 10.6. The van der Waals surface area contributed by atoms with Crippen molar-refractivity contribution in [2.24, 2.45) is 5.73 Å². The van der Waals surface area contributed by atoms with Gasteiger partial charge in [-0.2, -0.15) is 0 Å². The zero-order valence-corrected chi connectivity index (χ0v) is 8.43. The number of benzene rings is 1. The summed E-state index contributed by atoms with van der Waals surface area (Å²) in [7, 11) is 0. The molecule has 0 bridgehead atoms. The first kappa shape index (κ1) is 10.4. The highest BCUT2D eigenvalue weighted by atomic mass is 16.7. The molecular formula is C11H15NO3. The minimum Gasteiger partial charge on any atom is -0.508 e. The standard InChI is InChI=1S/C11H15NO3/c12-10(11-14-5-6-15-11)7-8-1-3-9(13)4-2-8/h1-4,10-11,13H,5-7,12H2/t10-/m0/s1. The molecule has 2 rings (SSSR count). The summed E-state index contributed by atoms with van der Waals surface area (Å²) in [5.74, 6) is 0.265. The summed E-state index contributed by atoms with van der Waals surface area (Å²) in [5, 5.41) is 9.12. The molecule has 0 spiro atoms. The van der Waals surface area contributed by atoms with Crippen LogP contribution >= 0.6 is 0 Å². The molecule has 4 nitrogen and oxygen atoms in total. The molecule has 0 radical (unpaired) electrons. The van der Waals surface area contributed by atoms with Crippen LogP contribution in [-0.4, -0.2) is 30.7 Å². The van der Waals surface area contributed by atoms with Gasteiger partial charge in [-0.1, -0.05) is 12.1 Å². The second-order valence-corrected chi connectivity index (χ2v) is 3.64. The molecule has 3 N–H and O–H groups in total. The Hall–Kier alpha value is -1.10. The van der Waals surface area contributed by atoms with E-state index in [4.69, 9.17) is 20.3 Å². The van der Waals surface area contributed by atoms with Gasteiger partial charge in [-0.15, -0.1) is 0 Å². The van der Waals surface area contributed by atoms with Crippen LogP contribution in [0, 0.1) is 0 Å². The Balaban J connectivity index is 1.92. The first-order valence-electron chi connectivity index (χ1n) is 5.02. The van der Waals surface area contributed by atoms with E-state index in [0.717, 1.165) is 5.56 Å². The fourth-order valence-electron chi connectivity index (χ4n) is 1.62. The Morgan fingerprint density at radius 3 is 2.47 bits per heavy atom. The van der Waals surface area contributed by atoms with Crippen molar-refractivity contribution >= 4 is 0 Å². The lowest BCUT2D eigenvalue weighted by molar-refractivity contribution is -0.0585. The van der Waals surface area contributed by atoms with Crippen molar-refractivity contribution in [1.82, 2.24) is 0 Å². The molecule has 1 fully saturated rings. The lowest BCUT2D eigenvalue weighted by atomic mass is 10.1. The second kappa shape index (κ2) is 4.61. The van der Waals surface area contributed by atoms with Crippen LogP contribution in [0.3, 0.4) is 0 Å². The number of phenolic OH excluding ortho intramolecular Hbond substituents is 1. The molecule has 1 aliphatic heterocycles.